The third kappa shape index (κ3) is 6.08. The van der Waals surface area contributed by atoms with E-state index in [1.54, 1.807) is 18.6 Å². The second kappa shape index (κ2) is 11.8. The van der Waals surface area contributed by atoms with Crippen LogP contribution < -0.4 is 10.9 Å². The van der Waals surface area contributed by atoms with Gasteiger partial charge in [0.2, 0.25) is 5.91 Å². The average Bonchev–Trinajstić information content (AvgIpc) is 2.85. The van der Waals surface area contributed by atoms with Crippen molar-refractivity contribution in [2.24, 2.45) is 5.92 Å². The summed E-state index contributed by atoms with van der Waals surface area (Å²) in [6, 6.07) is 9.98. The van der Waals surface area contributed by atoms with Gasteiger partial charge in [-0.15, -0.1) is 0 Å². The van der Waals surface area contributed by atoms with E-state index in [2.05, 4.69) is 10.3 Å². The molecule has 190 valence electrons. The molecule has 0 bridgehead atoms. The Labute approximate surface area is 212 Å². The molecule has 0 saturated heterocycles. The van der Waals surface area contributed by atoms with Gasteiger partial charge in [0, 0.05) is 30.2 Å². The van der Waals surface area contributed by atoms with Gasteiger partial charge in [-0.05, 0) is 66.6 Å². The minimum atomic E-state index is -0.724. The molecule has 0 unspecified atom stereocenters. The first-order valence-corrected chi connectivity index (χ1v) is 12.2. The van der Waals surface area contributed by atoms with Crippen molar-refractivity contribution in [3.63, 3.8) is 0 Å². The van der Waals surface area contributed by atoms with E-state index in [9.17, 15) is 14.4 Å². The van der Waals surface area contributed by atoms with Crippen LogP contribution in [0.3, 0.4) is 0 Å². The van der Waals surface area contributed by atoms with Crippen molar-refractivity contribution in [2.75, 3.05) is 7.11 Å². The Morgan fingerprint density at radius 3 is 2.39 bits per heavy atom. The molecule has 0 saturated carbocycles. The molecule has 7 nitrogen and oxygen atoms in total. The summed E-state index contributed by atoms with van der Waals surface area (Å²) < 4.78 is 6.39. The van der Waals surface area contributed by atoms with E-state index >= 15 is 0 Å². The minimum absolute atomic E-state index is 0.0594. The van der Waals surface area contributed by atoms with Crippen molar-refractivity contribution in [3.05, 3.63) is 87.6 Å². The maximum Gasteiger partial charge on any atom is 0.307 e. The zero-order valence-corrected chi connectivity index (χ0v) is 21.9. The predicted octanol–water partition coefficient (Wildman–Crippen LogP) is 4.84. The fourth-order valence-electron chi connectivity index (χ4n) is 4.51. The number of methoxy groups -OCH3 is 1. The van der Waals surface area contributed by atoms with Crippen LogP contribution in [0.25, 0.3) is 11.1 Å². The second-order valence-corrected chi connectivity index (χ2v) is 9.40. The van der Waals surface area contributed by atoms with E-state index in [-0.39, 0.29) is 23.8 Å². The molecule has 36 heavy (non-hydrogen) atoms. The number of nitrogens with zero attached hydrogens (tertiary/aromatic N) is 2. The lowest BCUT2D eigenvalue weighted by Gasteiger charge is -2.27. The number of nitrogens with one attached hydrogen (secondary N) is 1. The molecular formula is C29H35N3O4. The lowest BCUT2D eigenvalue weighted by molar-refractivity contribution is -0.141. The number of rotatable bonds is 9. The summed E-state index contributed by atoms with van der Waals surface area (Å²) in [6.07, 6.45) is 5.73. The lowest BCUT2D eigenvalue weighted by atomic mass is 9.94. The van der Waals surface area contributed by atoms with Crippen molar-refractivity contribution < 1.29 is 14.3 Å². The largest absolute Gasteiger partial charge is 0.469 e. The Bertz CT molecular complexity index is 1280. The molecule has 3 aromatic rings. The van der Waals surface area contributed by atoms with Crippen LogP contribution in [0.2, 0.25) is 0 Å². The summed E-state index contributed by atoms with van der Waals surface area (Å²) >= 11 is 0. The first kappa shape index (κ1) is 26.9. The number of amides is 1. The van der Waals surface area contributed by atoms with Gasteiger partial charge in [-0.1, -0.05) is 38.5 Å². The number of aromatic nitrogens is 2. The molecule has 1 N–H and O–H groups in total. The summed E-state index contributed by atoms with van der Waals surface area (Å²) in [7, 11) is 1.32. The van der Waals surface area contributed by atoms with Gasteiger partial charge < -0.3 is 14.6 Å². The van der Waals surface area contributed by atoms with Crippen LogP contribution in [0.1, 0.15) is 61.0 Å². The Morgan fingerprint density at radius 2 is 1.78 bits per heavy atom. The summed E-state index contributed by atoms with van der Waals surface area (Å²) in [5.74, 6) is -0.893. The molecule has 7 heteroatoms. The van der Waals surface area contributed by atoms with Crippen LogP contribution in [-0.2, 0) is 14.3 Å². The van der Waals surface area contributed by atoms with Gasteiger partial charge in [-0.2, -0.15) is 0 Å². The SMILES string of the molecule is CC[C@@H](C)[C@@H](C(=O)N[C@@H](CC(=O)OC)c1cncc(-c2c(C)cccc2C)c1)n1ccc(C)cc1=O. The topological polar surface area (TPSA) is 90.3 Å². The van der Waals surface area contributed by atoms with E-state index in [0.29, 0.717) is 12.0 Å². The molecule has 0 radical (unpaired) electrons. The number of carbonyl (C=O) groups excluding carboxylic acids is 2. The molecule has 2 aromatic heterocycles. The zero-order chi connectivity index (χ0) is 26.4. The fraction of sp³-hybridized carbons (Fsp3) is 0.379. The minimum Gasteiger partial charge on any atom is -0.469 e. The van der Waals surface area contributed by atoms with Gasteiger partial charge in [0.05, 0.1) is 19.6 Å². The van der Waals surface area contributed by atoms with Gasteiger partial charge in [0.15, 0.2) is 0 Å². The molecule has 1 amide bonds. The third-order valence-corrected chi connectivity index (χ3v) is 6.70. The highest BCUT2D eigenvalue weighted by Crippen LogP contribution is 2.30. The van der Waals surface area contributed by atoms with Gasteiger partial charge in [-0.25, -0.2) is 0 Å². The Hall–Kier alpha value is -3.74. The van der Waals surface area contributed by atoms with E-state index in [1.165, 1.54) is 17.7 Å². The van der Waals surface area contributed by atoms with Crippen molar-refractivity contribution in [1.29, 1.82) is 0 Å². The van der Waals surface area contributed by atoms with Crippen molar-refractivity contribution in [2.45, 2.75) is 59.5 Å². The van der Waals surface area contributed by atoms with Crippen LogP contribution in [0.4, 0.5) is 0 Å². The zero-order valence-electron chi connectivity index (χ0n) is 21.9. The van der Waals surface area contributed by atoms with Gasteiger partial charge >= 0.3 is 5.97 Å². The van der Waals surface area contributed by atoms with E-state index in [0.717, 1.165) is 27.8 Å². The standard InChI is InChI=1S/C29H35N3O4/c1-7-19(3)28(32-12-11-18(2)13-25(32)33)29(35)31-24(15-26(34)36-6)22-14-23(17-30-16-22)27-20(4)9-8-10-21(27)5/h8-14,16-17,19,24,28H,7,15H2,1-6H3,(H,31,35)/t19-,24+,28+/m1/s1. The molecule has 2 heterocycles. The Balaban J connectivity index is 2.02. The number of hydrogen-bond donors (Lipinski definition) is 1. The van der Waals surface area contributed by atoms with Crippen LogP contribution in [0.15, 0.2) is 59.8 Å². The number of esters is 1. The van der Waals surface area contributed by atoms with Crippen molar-refractivity contribution in [1.82, 2.24) is 14.9 Å². The summed E-state index contributed by atoms with van der Waals surface area (Å²) in [4.78, 5) is 43.1. The highest BCUT2D eigenvalue weighted by atomic mass is 16.5. The molecule has 0 aliphatic carbocycles. The number of aryl methyl sites for hydroxylation is 3. The third-order valence-electron chi connectivity index (χ3n) is 6.70. The molecule has 0 spiro atoms. The molecular weight excluding hydrogens is 454 g/mol. The highest BCUT2D eigenvalue weighted by Gasteiger charge is 2.30. The lowest BCUT2D eigenvalue weighted by Crippen LogP contribution is -2.42. The normalized spacial score (nSPS) is 13.5. The average molecular weight is 490 g/mol. The summed E-state index contributed by atoms with van der Waals surface area (Å²) in [6.45, 7) is 9.84. The summed E-state index contributed by atoms with van der Waals surface area (Å²) in [5, 5.41) is 3.02. The maximum absolute atomic E-state index is 13.7. The first-order valence-electron chi connectivity index (χ1n) is 12.2. The summed E-state index contributed by atoms with van der Waals surface area (Å²) in [5.41, 5.74) is 5.47. The van der Waals surface area contributed by atoms with E-state index in [1.807, 2.05) is 65.0 Å². The van der Waals surface area contributed by atoms with Crippen molar-refractivity contribution in [3.8, 4) is 11.1 Å². The molecule has 0 fully saturated rings. The number of hydrogen-bond acceptors (Lipinski definition) is 5. The van der Waals surface area contributed by atoms with Crippen LogP contribution in [0, 0.1) is 26.7 Å². The molecule has 1 aromatic carbocycles. The Morgan fingerprint density at radius 1 is 1.08 bits per heavy atom. The number of carbonyl (C=O) groups is 2. The molecule has 3 atom stereocenters. The van der Waals surface area contributed by atoms with Gasteiger partial charge in [0.1, 0.15) is 6.04 Å². The van der Waals surface area contributed by atoms with E-state index < -0.39 is 18.1 Å². The Kier molecular flexibility index (Phi) is 8.80. The molecule has 3 rings (SSSR count). The fourth-order valence-corrected chi connectivity index (χ4v) is 4.51. The second-order valence-electron chi connectivity index (χ2n) is 9.40. The maximum atomic E-state index is 13.7. The smallest absolute Gasteiger partial charge is 0.307 e. The number of benzene rings is 1. The van der Waals surface area contributed by atoms with Gasteiger partial charge in [0.25, 0.3) is 5.56 Å². The van der Waals surface area contributed by atoms with Crippen LogP contribution in [-0.4, -0.2) is 28.5 Å². The number of pyridine rings is 2. The number of ether oxygens (including phenoxy) is 1. The van der Waals surface area contributed by atoms with Gasteiger partial charge in [-0.3, -0.25) is 19.4 Å². The quantitative estimate of drug-likeness (QED) is 0.434. The monoisotopic (exact) mass is 489 g/mol. The molecule has 0 aliphatic heterocycles. The van der Waals surface area contributed by atoms with Crippen LogP contribution >= 0.6 is 0 Å². The van der Waals surface area contributed by atoms with E-state index in [4.69, 9.17) is 4.74 Å². The highest BCUT2D eigenvalue weighted by molar-refractivity contribution is 5.82. The first-order chi connectivity index (χ1) is 17.2. The molecule has 0 aliphatic rings. The van der Waals surface area contributed by atoms with Crippen molar-refractivity contribution >= 4 is 11.9 Å². The predicted molar refractivity (Wildman–Crippen MR) is 141 cm³/mol. The van der Waals surface area contributed by atoms with Crippen LogP contribution in [0.5, 0.6) is 0 Å².